The normalized spacial score (nSPS) is 11.1. The lowest BCUT2D eigenvalue weighted by atomic mass is 10.2. The van der Waals surface area contributed by atoms with Crippen LogP contribution < -0.4 is 16.0 Å². The van der Waals surface area contributed by atoms with Crippen molar-refractivity contribution in [2.45, 2.75) is 13.1 Å². The molecule has 30 heavy (non-hydrogen) atoms. The standard InChI is InChI=1S/C22H22N4O4/c1-29-13-12-24-15-23-20-19(24)21(27)25(14-16-8-4-3-5-9-16)22(28)26(20)17-10-6-7-11-18(17)30-2/h3-11,15H,12-14H2,1-2H3. The molecular formula is C22H22N4O4. The summed E-state index contributed by atoms with van der Waals surface area (Å²) in [6, 6.07) is 16.6. The van der Waals surface area contributed by atoms with E-state index in [4.69, 9.17) is 9.47 Å². The smallest absolute Gasteiger partial charge is 0.337 e. The molecule has 2 aromatic heterocycles. The van der Waals surface area contributed by atoms with Crippen molar-refractivity contribution in [1.29, 1.82) is 0 Å². The minimum atomic E-state index is -0.474. The maximum absolute atomic E-state index is 13.5. The number of methoxy groups -OCH3 is 2. The number of imidazole rings is 1. The van der Waals surface area contributed by atoms with Crippen LogP contribution in [0.5, 0.6) is 5.75 Å². The van der Waals surface area contributed by atoms with Crippen molar-refractivity contribution in [2.24, 2.45) is 0 Å². The average molecular weight is 406 g/mol. The molecule has 4 rings (SSSR count). The SMILES string of the molecule is COCCn1cnc2c1c(=O)n(Cc1ccccc1)c(=O)n2-c1ccccc1OC. The van der Waals surface area contributed by atoms with Gasteiger partial charge in [-0.2, -0.15) is 0 Å². The van der Waals surface area contributed by atoms with Crippen LogP contribution in [0.25, 0.3) is 16.9 Å². The summed E-state index contributed by atoms with van der Waals surface area (Å²) in [7, 11) is 3.13. The minimum Gasteiger partial charge on any atom is -0.495 e. The molecule has 0 amide bonds. The van der Waals surface area contributed by atoms with Gasteiger partial charge >= 0.3 is 5.69 Å². The highest BCUT2D eigenvalue weighted by molar-refractivity contribution is 5.73. The van der Waals surface area contributed by atoms with Gasteiger partial charge in [0.05, 0.1) is 32.3 Å². The molecule has 0 aliphatic rings. The highest BCUT2D eigenvalue weighted by Crippen LogP contribution is 2.23. The zero-order chi connectivity index (χ0) is 21.1. The Hall–Kier alpha value is -3.65. The molecule has 0 spiro atoms. The summed E-state index contributed by atoms with van der Waals surface area (Å²) in [5.74, 6) is 0.511. The van der Waals surface area contributed by atoms with E-state index in [0.29, 0.717) is 30.1 Å². The Morgan fingerprint density at radius 2 is 1.70 bits per heavy atom. The first-order chi connectivity index (χ1) is 14.7. The zero-order valence-corrected chi connectivity index (χ0v) is 16.8. The molecule has 0 bridgehead atoms. The van der Waals surface area contributed by atoms with Crippen LogP contribution in [-0.4, -0.2) is 39.5 Å². The van der Waals surface area contributed by atoms with E-state index in [0.717, 1.165) is 5.56 Å². The number of fused-ring (bicyclic) bond motifs is 1. The van der Waals surface area contributed by atoms with Gasteiger partial charge in [-0.25, -0.2) is 14.3 Å². The summed E-state index contributed by atoms with van der Waals surface area (Å²) < 4.78 is 15.0. The molecule has 0 aliphatic heterocycles. The second-order valence-electron chi connectivity index (χ2n) is 6.77. The van der Waals surface area contributed by atoms with Gasteiger partial charge in [0.15, 0.2) is 11.2 Å². The maximum Gasteiger partial charge on any atom is 0.337 e. The van der Waals surface area contributed by atoms with E-state index in [1.54, 1.807) is 30.1 Å². The predicted octanol–water partition coefficient (Wildman–Crippen LogP) is 2.05. The molecule has 0 saturated carbocycles. The molecule has 0 saturated heterocycles. The zero-order valence-electron chi connectivity index (χ0n) is 16.8. The molecule has 0 N–H and O–H groups in total. The molecule has 0 atom stereocenters. The molecule has 4 aromatic rings. The third-order valence-corrected chi connectivity index (χ3v) is 4.95. The summed E-state index contributed by atoms with van der Waals surface area (Å²) in [4.78, 5) is 31.2. The number of benzene rings is 2. The van der Waals surface area contributed by atoms with E-state index in [1.165, 1.54) is 16.2 Å². The minimum absolute atomic E-state index is 0.152. The second-order valence-corrected chi connectivity index (χ2v) is 6.77. The molecule has 8 heteroatoms. The maximum atomic E-state index is 13.5. The number of para-hydroxylation sites is 2. The van der Waals surface area contributed by atoms with Crippen LogP contribution >= 0.6 is 0 Å². The van der Waals surface area contributed by atoms with E-state index in [2.05, 4.69) is 4.98 Å². The Bertz CT molecular complexity index is 1290. The van der Waals surface area contributed by atoms with Gasteiger partial charge in [-0.05, 0) is 17.7 Å². The van der Waals surface area contributed by atoms with Crippen molar-refractivity contribution in [3.8, 4) is 11.4 Å². The lowest BCUT2D eigenvalue weighted by Gasteiger charge is -2.15. The number of ether oxygens (including phenoxy) is 2. The molecular weight excluding hydrogens is 384 g/mol. The third-order valence-electron chi connectivity index (χ3n) is 4.95. The summed E-state index contributed by atoms with van der Waals surface area (Å²) in [5, 5.41) is 0. The second kappa shape index (κ2) is 8.38. The molecule has 2 aromatic carbocycles. The largest absolute Gasteiger partial charge is 0.495 e. The van der Waals surface area contributed by atoms with Gasteiger partial charge in [0.1, 0.15) is 5.75 Å². The number of nitrogens with zero attached hydrogens (tertiary/aromatic N) is 4. The first kappa shape index (κ1) is 19.7. The molecule has 2 heterocycles. The van der Waals surface area contributed by atoms with Gasteiger partial charge in [0.2, 0.25) is 0 Å². The van der Waals surface area contributed by atoms with Crippen LogP contribution in [0.1, 0.15) is 5.56 Å². The van der Waals surface area contributed by atoms with Crippen LogP contribution in [0.3, 0.4) is 0 Å². The van der Waals surface area contributed by atoms with Crippen LogP contribution in [-0.2, 0) is 17.8 Å². The predicted molar refractivity (Wildman–Crippen MR) is 114 cm³/mol. The van der Waals surface area contributed by atoms with Gasteiger partial charge in [-0.3, -0.25) is 9.36 Å². The van der Waals surface area contributed by atoms with Crippen molar-refractivity contribution in [2.75, 3.05) is 20.8 Å². The van der Waals surface area contributed by atoms with Crippen molar-refractivity contribution in [1.82, 2.24) is 18.7 Å². The van der Waals surface area contributed by atoms with Crippen molar-refractivity contribution in [3.63, 3.8) is 0 Å². The Labute approximate surface area is 172 Å². The highest BCUT2D eigenvalue weighted by Gasteiger charge is 2.21. The summed E-state index contributed by atoms with van der Waals surface area (Å²) in [6.07, 6.45) is 1.56. The third kappa shape index (κ3) is 3.42. The summed E-state index contributed by atoms with van der Waals surface area (Å²) in [5.41, 5.74) is 1.14. The number of aromatic nitrogens is 4. The highest BCUT2D eigenvalue weighted by atomic mass is 16.5. The van der Waals surface area contributed by atoms with E-state index in [-0.39, 0.29) is 12.2 Å². The average Bonchev–Trinajstić information content (AvgIpc) is 3.20. The topological polar surface area (TPSA) is 80.3 Å². The Balaban J connectivity index is 2.04. The Kier molecular flexibility index (Phi) is 5.49. The van der Waals surface area contributed by atoms with Gasteiger partial charge in [-0.15, -0.1) is 0 Å². The molecule has 0 radical (unpaired) electrons. The first-order valence-corrected chi connectivity index (χ1v) is 9.52. The number of rotatable bonds is 7. The van der Waals surface area contributed by atoms with Gasteiger partial charge in [0.25, 0.3) is 5.56 Å². The van der Waals surface area contributed by atoms with Crippen LogP contribution in [0.4, 0.5) is 0 Å². The number of hydrogen-bond donors (Lipinski definition) is 0. The molecule has 154 valence electrons. The van der Waals surface area contributed by atoms with Crippen LogP contribution in [0.2, 0.25) is 0 Å². The lowest BCUT2D eigenvalue weighted by molar-refractivity contribution is 0.188. The van der Waals surface area contributed by atoms with E-state index < -0.39 is 11.2 Å². The van der Waals surface area contributed by atoms with E-state index in [1.807, 2.05) is 42.5 Å². The summed E-state index contributed by atoms with van der Waals surface area (Å²) >= 11 is 0. The van der Waals surface area contributed by atoms with Gasteiger partial charge in [0, 0.05) is 13.7 Å². The number of hydrogen-bond acceptors (Lipinski definition) is 5. The fourth-order valence-electron chi connectivity index (χ4n) is 3.48. The Morgan fingerprint density at radius 3 is 2.43 bits per heavy atom. The van der Waals surface area contributed by atoms with Crippen LogP contribution in [0, 0.1) is 0 Å². The fourth-order valence-corrected chi connectivity index (χ4v) is 3.48. The van der Waals surface area contributed by atoms with Crippen molar-refractivity contribution >= 4 is 11.2 Å². The molecule has 0 fully saturated rings. The first-order valence-electron chi connectivity index (χ1n) is 9.52. The molecule has 0 aliphatic carbocycles. The van der Waals surface area contributed by atoms with E-state index in [9.17, 15) is 9.59 Å². The summed E-state index contributed by atoms with van der Waals surface area (Å²) in [6.45, 7) is 1.01. The quantitative estimate of drug-likeness (QED) is 0.469. The van der Waals surface area contributed by atoms with Crippen molar-refractivity contribution in [3.05, 3.63) is 87.3 Å². The van der Waals surface area contributed by atoms with Gasteiger partial charge in [-0.1, -0.05) is 42.5 Å². The van der Waals surface area contributed by atoms with Crippen LogP contribution in [0.15, 0.2) is 70.5 Å². The van der Waals surface area contributed by atoms with E-state index >= 15 is 0 Å². The fraction of sp³-hybridized carbons (Fsp3) is 0.227. The molecule has 8 nitrogen and oxygen atoms in total. The molecule has 0 unspecified atom stereocenters. The van der Waals surface area contributed by atoms with Gasteiger partial charge < -0.3 is 14.0 Å². The van der Waals surface area contributed by atoms with Crippen molar-refractivity contribution < 1.29 is 9.47 Å². The Morgan fingerprint density at radius 1 is 0.967 bits per heavy atom. The lowest BCUT2D eigenvalue weighted by Crippen LogP contribution is -2.40. The monoisotopic (exact) mass is 406 g/mol.